The number of amides is 1. The summed E-state index contributed by atoms with van der Waals surface area (Å²) in [6.07, 6.45) is 1.36. The third kappa shape index (κ3) is 2.90. The molecule has 0 spiro atoms. The molecular formula is C17H23N3O3. The molecule has 0 N–H and O–H groups in total. The monoisotopic (exact) mass is 317 g/mol. The molecule has 3 rings (SSSR count). The lowest BCUT2D eigenvalue weighted by Crippen LogP contribution is -2.36. The lowest BCUT2D eigenvalue weighted by molar-refractivity contribution is 0.0692. The lowest BCUT2D eigenvalue weighted by atomic mass is 9.97. The molecule has 3 heterocycles. The van der Waals surface area contributed by atoms with Gasteiger partial charge in [0.1, 0.15) is 11.5 Å². The van der Waals surface area contributed by atoms with Gasteiger partial charge in [-0.15, -0.1) is 0 Å². The molecule has 1 aliphatic heterocycles. The van der Waals surface area contributed by atoms with Crippen molar-refractivity contribution in [1.29, 1.82) is 0 Å². The number of aryl methyl sites for hydroxylation is 2. The standard InChI is InChI=1S/C17H23N3O3/c1-6-13-18-10(2)14(23-13)15(21)20-8-7-12-11(9-20)19-16(22-12)17(3,4)5/h6-9H2,1-5H3. The van der Waals surface area contributed by atoms with Crippen molar-refractivity contribution < 1.29 is 13.6 Å². The Kier molecular flexibility index (Phi) is 3.78. The van der Waals surface area contributed by atoms with Crippen molar-refractivity contribution in [3.8, 4) is 0 Å². The Hall–Kier alpha value is -2.11. The SMILES string of the molecule is CCc1nc(C)c(C(=O)N2CCc3oc(C(C)(C)C)nc3C2)o1. The van der Waals surface area contributed by atoms with Gasteiger partial charge in [0.05, 0.1) is 12.2 Å². The van der Waals surface area contributed by atoms with Crippen molar-refractivity contribution in [1.82, 2.24) is 14.9 Å². The van der Waals surface area contributed by atoms with Gasteiger partial charge in [0.15, 0.2) is 11.8 Å². The zero-order chi connectivity index (χ0) is 16.8. The maximum Gasteiger partial charge on any atom is 0.291 e. The van der Waals surface area contributed by atoms with E-state index in [9.17, 15) is 4.79 Å². The molecule has 0 saturated carbocycles. The number of fused-ring (bicyclic) bond motifs is 1. The molecule has 0 atom stereocenters. The summed E-state index contributed by atoms with van der Waals surface area (Å²) in [6.45, 7) is 11.0. The summed E-state index contributed by atoms with van der Waals surface area (Å²) in [5, 5.41) is 0. The highest BCUT2D eigenvalue weighted by molar-refractivity contribution is 5.92. The first kappa shape index (κ1) is 15.8. The summed E-state index contributed by atoms with van der Waals surface area (Å²) in [5.41, 5.74) is 1.36. The topological polar surface area (TPSA) is 72.4 Å². The van der Waals surface area contributed by atoms with Gasteiger partial charge in [0, 0.05) is 24.8 Å². The molecule has 6 nitrogen and oxygen atoms in total. The number of hydrogen-bond acceptors (Lipinski definition) is 5. The number of carbonyl (C=O) groups is 1. The summed E-state index contributed by atoms with van der Waals surface area (Å²) in [7, 11) is 0. The fourth-order valence-electron chi connectivity index (χ4n) is 2.64. The number of hydrogen-bond donors (Lipinski definition) is 0. The van der Waals surface area contributed by atoms with Crippen LogP contribution in [0.1, 0.15) is 67.2 Å². The lowest BCUT2D eigenvalue weighted by Gasteiger charge is -2.24. The zero-order valence-corrected chi connectivity index (χ0v) is 14.4. The largest absolute Gasteiger partial charge is 0.445 e. The number of aromatic nitrogens is 2. The fourth-order valence-corrected chi connectivity index (χ4v) is 2.64. The first-order chi connectivity index (χ1) is 10.8. The van der Waals surface area contributed by atoms with Crippen molar-refractivity contribution in [2.24, 2.45) is 0 Å². The molecule has 0 aromatic carbocycles. The predicted molar refractivity (Wildman–Crippen MR) is 84.3 cm³/mol. The van der Waals surface area contributed by atoms with Crippen molar-refractivity contribution in [3.63, 3.8) is 0 Å². The summed E-state index contributed by atoms with van der Waals surface area (Å²) in [4.78, 5) is 23.3. The van der Waals surface area contributed by atoms with E-state index in [1.54, 1.807) is 11.8 Å². The van der Waals surface area contributed by atoms with E-state index >= 15 is 0 Å². The minimum Gasteiger partial charge on any atom is -0.445 e. The van der Waals surface area contributed by atoms with E-state index < -0.39 is 0 Å². The van der Waals surface area contributed by atoms with Gasteiger partial charge < -0.3 is 13.7 Å². The van der Waals surface area contributed by atoms with Crippen LogP contribution in [-0.4, -0.2) is 27.3 Å². The highest BCUT2D eigenvalue weighted by Crippen LogP contribution is 2.28. The Bertz CT molecular complexity index is 737. The second kappa shape index (κ2) is 5.51. The van der Waals surface area contributed by atoms with Gasteiger partial charge in [-0.1, -0.05) is 27.7 Å². The summed E-state index contributed by atoms with van der Waals surface area (Å²) in [5.74, 6) is 2.42. The smallest absolute Gasteiger partial charge is 0.291 e. The highest BCUT2D eigenvalue weighted by atomic mass is 16.4. The van der Waals surface area contributed by atoms with Gasteiger partial charge in [0.25, 0.3) is 5.91 Å². The Morgan fingerprint density at radius 2 is 2.00 bits per heavy atom. The fraction of sp³-hybridized carbons (Fsp3) is 0.588. The van der Waals surface area contributed by atoms with Crippen LogP contribution in [0.3, 0.4) is 0 Å². The molecule has 0 aliphatic carbocycles. The molecule has 23 heavy (non-hydrogen) atoms. The number of rotatable bonds is 2. The number of nitrogens with zero attached hydrogens (tertiary/aromatic N) is 3. The molecule has 0 saturated heterocycles. The van der Waals surface area contributed by atoms with Gasteiger partial charge in [0.2, 0.25) is 5.76 Å². The van der Waals surface area contributed by atoms with E-state index in [1.807, 2.05) is 6.92 Å². The summed E-state index contributed by atoms with van der Waals surface area (Å²) >= 11 is 0. The molecule has 6 heteroatoms. The zero-order valence-electron chi connectivity index (χ0n) is 14.4. The van der Waals surface area contributed by atoms with Crippen LogP contribution in [-0.2, 0) is 24.8 Å². The Balaban J connectivity index is 1.82. The molecule has 0 radical (unpaired) electrons. The number of oxazole rings is 2. The molecule has 1 amide bonds. The van der Waals surface area contributed by atoms with Crippen LogP contribution in [0.4, 0.5) is 0 Å². The van der Waals surface area contributed by atoms with Gasteiger partial charge in [-0.05, 0) is 6.92 Å². The van der Waals surface area contributed by atoms with E-state index in [-0.39, 0.29) is 11.3 Å². The van der Waals surface area contributed by atoms with E-state index in [4.69, 9.17) is 8.83 Å². The summed E-state index contributed by atoms with van der Waals surface area (Å²) < 4.78 is 11.4. The van der Waals surface area contributed by atoms with E-state index in [0.717, 1.165) is 17.3 Å². The third-order valence-electron chi connectivity index (χ3n) is 3.99. The van der Waals surface area contributed by atoms with Crippen LogP contribution >= 0.6 is 0 Å². The molecule has 0 fully saturated rings. The van der Waals surface area contributed by atoms with Gasteiger partial charge in [-0.2, -0.15) is 0 Å². The predicted octanol–water partition coefficient (Wildman–Crippen LogP) is 3.03. The normalized spacial score (nSPS) is 14.9. The maximum absolute atomic E-state index is 12.7. The minimum absolute atomic E-state index is 0.124. The summed E-state index contributed by atoms with van der Waals surface area (Å²) in [6, 6.07) is 0. The van der Waals surface area contributed by atoms with Crippen molar-refractivity contribution in [2.75, 3.05) is 6.54 Å². The molecular weight excluding hydrogens is 294 g/mol. The van der Waals surface area contributed by atoms with E-state index in [0.29, 0.717) is 43.3 Å². The Morgan fingerprint density at radius 3 is 2.61 bits per heavy atom. The second-order valence-corrected chi connectivity index (χ2v) is 6.99. The Labute approximate surface area is 135 Å². The van der Waals surface area contributed by atoms with Gasteiger partial charge >= 0.3 is 0 Å². The van der Waals surface area contributed by atoms with Crippen molar-refractivity contribution in [3.05, 3.63) is 34.7 Å². The van der Waals surface area contributed by atoms with E-state index in [2.05, 4.69) is 30.7 Å². The highest BCUT2D eigenvalue weighted by Gasteiger charge is 2.31. The quantitative estimate of drug-likeness (QED) is 0.851. The van der Waals surface area contributed by atoms with Crippen LogP contribution in [0.5, 0.6) is 0 Å². The van der Waals surface area contributed by atoms with Gasteiger partial charge in [-0.25, -0.2) is 9.97 Å². The van der Waals surface area contributed by atoms with Crippen LogP contribution in [0.15, 0.2) is 8.83 Å². The van der Waals surface area contributed by atoms with Gasteiger partial charge in [-0.3, -0.25) is 4.79 Å². The first-order valence-electron chi connectivity index (χ1n) is 8.04. The second-order valence-electron chi connectivity index (χ2n) is 6.99. The van der Waals surface area contributed by atoms with Crippen LogP contribution in [0.2, 0.25) is 0 Å². The van der Waals surface area contributed by atoms with Crippen molar-refractivity contribution in [2.45, 2.75) is 59.4 Å². The van der Waals surface area contributed by atoms with Crippen LogP contribution < -0.4 is 0 Å². The molecule has 124 valence electrons. The Morgan fingerprint density at radius 1 is 1.26 bits per heavy atom. The molecule has 0 unspecified atom stereocenters. The molecule has 2 aromatic rings. The average Bonchev–Trinajstić information content (AvgIpc) is 3.08. The maximum atomic E-state index is 12.7. The van der Waals surface area contributed by atoms with Crippen molar-refractivity contribution >= 4 is 5.91 Å². The average molecular weight is 317 g/mol. The first-order valence-corrected chi connectivity index (χ1v) is 8.04. The van der Waals surface area contributed by atoms with Crippen LogP contribution in [0, 0.1) is 6.92 Å². The number of carbonyl (C=O) groups excluding carboxylic acids is 1. The molecule has 2 aromatic heterocycles. The third-order valence-corrected chi connectivity index (χ3v) is 3.99. The van der Waals surface area contributed by atoms with E-state index in [1.165, 1.54) is 0 Å². The van der Waals surface area contributed by atoms with Crippen LogP contribution in [0.25, 0.3) is 0 Å². The molecule has 0 bridgehead atoms. The molecule has 1 aliphatic rings. The minimum atomic E-state index is -0.135.